The number of carbonyl (C=O) groups is 1. The van der Waals surface area contributed by atoms with E-state index in [4.69, 9.17) is 10.5 Å². The molecule has 6 N–H and O–H groups in total. The van der Waals surface area contributed by atoms with Gasteiger partial charge in [-0.1, -0.05) is 0 Å². The average Bonchev–Trinajstić information content (AvgIpc) is 3.07. The molecule has 1 fully saturated rings. The molecule has 4 atom stereocenters. The van der Waals surface area contributed by atoms with Crippen LogP contribution in [-0.4, -0.2) is 67.7 Å². The second kappa shape index (κ2) is 5.74. The van der Waals surface area contributed by atoms with Crippen LogP contribution < -0.4 is 11.1 Å². The standard InChI is InChI=1S/C13H17N5O5/c1-15-12(22)5-2-18(11-7(5)10(14)16-4-17-11)13-9(21)8(20)6(3-19)23-13/h2,4,6,8-9,13,19-21H,3H2,1H3,(H,15,22)(H2,14,16,17)/t6-,8+,9+,13+/m0/s1. The SMILES string of the molecule is CNC(=O)c1cn([C@@H]2O[C@@H](CO)[C@@H](O)[C@H]2O)c2ncnc(N)c12. The minimum Gasteiger partial charge on any atom is -0.394 e. The van der Waals surface area contributed by atoms with Gasteiger partial charge in [0, 0.05) is 13.2 Å². The summed E-state index contributed by atoms with van der Waals surface area (Å²) in [4.78, 5) is 20.0. The first kappa shape index (κ1) is 15.6. The van der Waals surface area contributed by atoms with E-state index in [-0.39, 0.29) is 17.0 Å². The van der Waals surface area contributed by atoms with Gasteiger partial charge in [-0.15, -0.1) is 0 Å². The van der Waals surface area contributed by atoms with E-state index in [1.807, 2.05) is 0 Å². The van der Waals surface area contributed by atoms with Crippen molar-refractivity contribution >= 4 is 22.8 Å². The molecule has 0 radical (unpaired) electrons. The first-order chi connectivity index (χ1) is 11.0. The van der Waals surface area contributed by atoms with E-state index in [1.165, 1.54) is 24.1 Å². The zero-order valence-electron chi connectivity index (χ0n) is 12.2. The number of hydrogen-bond acceptors (Lipinski definition) is 8. The molecule has 1 aliphatic rings. The maximum Gasteiger partial charge on any atom is 0.253 e. The fourth-order valence-corrected chi connectivity index (χ4v) is 2.72. The van der Waals surface area contributed by atoms with Crippen molar-refractivity contribution in [2.45, 2.75) is 24.5 Å². The molecule has 23 heavy (non-hydrogen) atoms. The molecule has 1 saturated heterocycles. The quantitative estimate of drug-likeness (QED) is 0.433. The Kier molecular flexibility index (Phi) is 3.90. The molecule has 0 spiro atoms. The van der Waals surface area contributed by atoms with Gasteiger partial charge in [0.1, 0.15) is 36.1 Å². The van der Waals surface area contributed by atoms with Crippen LogP contribution in [0.1, 0.15) is 16.6 Å². The van der Waals surface area contributed by atoms with Gasteiger partial charge in [-0.3, -0.25) is 4.79 Å². The van der Waals surface area contributed by atoms with Gasteiger partial charge in [-0.2, -0.15) is 0 Å². The summed E-state index contributed by atoms with van der Waals surface area (Å²) in [7, 11) is 1.47. The summed E-state index contributed by atoms with van der Waals surface area (Å²) in [6.07, 6.45) is -1.85. The van der Waals surface area contributed by atoms with Crippen LogP contribution in [0, 0.1) is 0 Å². The normalized spacial score (nSPS) is 27.5. The number of nitrogens with two attached hydrogens (primary N) is 1. The lowest BCUT2D eigenvalue weighted by Gasteiger charge is -2.17. The number of nitrogen functional groups attached to an aromatic ring is 1. The maximum atomic E-state index is 12.0. The van der Waals surface area contributed by atoms with Crippen molar-refractivity contribution in [1.29, 1.82) is 0 Å². The second-order valence-corrected chi connectivity index (χ2v) is 5.22. The predicted octanol–water partition coefficient (Wildman–Crippen LogP) is -2.02. The van der Waals surface area contributed by atoms with Crippen molar-refractivity contribution in [3.05, 3.63) is 18.1 Å². The summed E-state index contributed by atoms with van der Waals surface area (Å²) >= 11 is 0. The Morgan fingerprint density at radius 3 is 2.78 bits per heavy atom. The molecule has 0 aromatic carbocycles. The molecular weight excluding hydrogens is 306 g/mol. The average molecular weight is 323 g/mol. The van der Waals surface area contributed by atoms with Crippen LogP contribution in [-0.2, 0) is 4.74 Å². The minimum absolute atomic E-state index is 0.110. The monoisotopic (exact) mass is 323 g/mol. The van der Waals surface area contributed by atoms with Gasteiger partial charge in [-0.05, 0) is 0 Å². The fourth-order valence-electron chi connectivity index (χ4n) is 2.72. The van der Waals surface area contributed by atoms with Crippen LogP contribution in [0.15, 0.2) is 12.5 Å². The van der Waals surface area contributed by atoms with E-state index in [9.17, 15) is 20.1 Å². The molecule has 2 aromatic rings. The number of amides is 1. The number of rotatable bonds is 3. The molecule has 1 aliphatic heterocycles. The number of aliphatic hydroxyl groups is 3. The molecule has 3 rings (SSSR count). The highest BCUT2D eigenvalue weighted by molar-refractivity contribution is 6.09. The van der Waals surface area contributed by atoms with Crippen molar-refractivity contribution < 1.29 is 24.9 Å². The highest BCUT2D eigenvalue weighted by atomic mass is 16.6. The molecule has 0 bridgehead atoms. The van der Waals surface area contributed by atoms with Gasteiger partial charge in [0.25, 0.3) is 5.91 Å². The van der Waals surface area contributed by atoms with Gasteiger partial charge in [0.05, 0.1) is 17.6 Å². The van der Waals surface area contributed by atoms with Crippen LogP contribution in [0.5, 0.6) is 0 Å². The topological polar surface area (TPSA) is 156 Å². The van der Waals surface area contributed by atoms with Crippen LogP contribution in [0.3, 0.4) is 0 Å². The van der Waals surface area contributed by atoms with E-state index >= 15 is 0 Å². The van der Waals surface area contributed by atoms with E-state index < -0.39 is 37.1 Å². The fraction of sp³-hybridized carbons (Fsp3) is 0.462. The molecule has 0 saturated carbocycles. The molecule has 3 heterocycles. The molecule has 10 heteroatoms. The number of aromatic nitrogens is 3. The van der Waals surface area contributed by atoms with E-state index in [1.54, 1.807) is 0 Å². The first-order valence-electron chi connectivity index (χ1n) is 6.95. The summed E-state index contributed by atoms with van der Waals surface area (Å²) in [6, 6.07) is 0. The summed E-state index contributed by atoms with van der Waals surface area (Å²) in [5, 5.41) is 32.1. The Labute approximate surface area is 130 Å². The number of ether oxygens (including phenoxy) is 1. The van der Waals surface area contributed by atoms with Crippen molar-refractivity contribution in [3.63, 3.8) is 0 Å². The Morgan fingerprint density at radius 1 is 1.43 bits per heavy atom. The first-order valence-corrected chi connectivity index (χ1v) is 6.95. The van der Waals surface area contributed by atoms with Gasteiger partial charge in [-0.25, -0.2) is 9.97 Å². The molecule has 2 aromatic heterocycles. The molecule has 10 nitrogen and oxygen atoms in total. The van der Waals surface area contributed by atoms with Crippen molar-refractivity contribution in [2.24, 2.45) is 0 Å². The maximum absolute atomic E-state index is 12.0. The third-order valence-electron chi connectivity index (χ3n) is 3.90. The highest BCUT2D eigenvalue weighted by Crippen LogP contribution is 2.34. The molecule has 0 aliphatic carbocycles. The van der Waals surface area contributed by atoms with E-state index in [2.05, 4.69) is 15.3 Å². The Morgan fingerprint density at radius 2 is 2.17 bits per heavy atom. The Bertz CT molecular complexity index is 748. The van der Waals surface area contributed by atoms with Crippen molar-refractivity contribution in [3.8, 4) is 0 Å². The van der Waals surface area contributed by atoms with Crippen LogP contribution in [0.4, 0.5) is 5.82 Å². The smallest absolute Gasteiger partial charge is 0.253 e. The van der Waals surface area contributed by atoms with Gasteiger partial charge >= 0.3 is 0 Å². The molecule has 1 amide bonds. The summed E-state index contributed by atoms with van der Waals surface area (Å²) in [5.41, 5.74) is 6.34. The van der Waals surface area contributed by atoms with Gasteiger partial charge in [0.2, 0.25) is 0 Å². The molecular formula is C13H17N5O5. The zero-order chi connectivity index (χ0) is 16.7. The van der Waals surface area contributed by atoms with Crippen molar-refractivity contribution in [2.75, 3.05) is 19.4 Å². The number of fused-ring (bicyclic) bond motifs is 1. The Hall–Kier alpha value is -2.27. The largest absolute Gasteiger partial charge is 0.394 e. The third-order valence-corrected chi connectivity index (χ3v) is 3.90. The van der Waals surface area contributed by atoms with E-state index in [0.29, 0.717) is 5.39 Å². The van der Waals surface area contributed by atoms with Crippen LogP contribution in [0.2, 0.25) is 0 Å². The number of nitrogens with one attached hydrogen (secondary N) is 1. The highest BCUT2D eigenvalue weighted by Gasteiger charge is 2.44. The van der Waals surface area contributed by atoms with Crippen LogP contribution >= 0.6 is 0 Å². The summed E-state index contributed by atoms with van der Waals surface area (Å²) in [5.74, 6) is -0.291. The van der Waals surface area contributed by atoms with E-state index in [0.717, 1.165) is 0 Å². The lowest BCUT2D eigenvalue weighted by Crippen LogP contribution is -2.33. The number of aliphatic hydroxyl groups excluding tert-OH is 3. The van der Waals surface area contributed by atoms with Crippen molar-refractivity contribution in [1.82, 2.24) is 19.9 Å². The van der Waals surface area contributed by atoms with Gasteiger partial charge in [0.15, 0.2) is 6.23 Å². The predicted molar refractivity (Wildman–Crippen MR) is 78.3 cm³/mol. The molecule has 124 valence electrons. The lowest BCUT2D eigenvalue weighted by molar-refractivity contribution is -0.0508. The Balaban J connectivity index is 2.16. The number of anilines is 1. The third kappa shape index (κ3) is 2.32. The zero-order valence-corrected chi connectivity index (χ0v) is 12.2. The second-order valence-electron chi connectivity index (χ2n) is 5.22. The summed E-state index contributed by atoms with van der Waals surface area (Å²) in [6.45, 7) is -0.451. The minimum atomic E-state index is -1.29. The summed E-state index contributed by atoms with van der Waals surface area (Å²) < 4.78 is 6.88. The lowest BCUT2D eigenvalue weighted by atomic mass is 10.1. The molecule has 0 unspecified atom stereocenters. The number of carbonyl (C=O) groups excluding carboxylic acids is 1. The number of hydrogen-bond donors (Lipinski definition) is 5. The van der Waals surface area contributed by atoms with Gasteiger partial charge < -0.3 is 35.7 Å². The number of nitrogens with zero attached hydrogens (tertiary/aromatic N) is 3. The van der Waals surface area contributed by atoms with Crippen LogP contribution in [0.25, 0.3) is 11.0 Å².